The van der Waals surface area contributed by atoms with Crippen LogP contribution in [0.1, 0.15) is 12.0 Å². The van der Waals surface area contributed by atoms with Gasteiger partial charge < -0.3 is 19.5 Å². The van der Waals surface area contributed by atoms with E-state index in [9.17, 15) is 15.2 Å². The predicted octanol–water partition coefficient (Wildman–Crippen LogP) is 1.92. The minimum Gasteiger partial charge on any atom is -0.491 e. The average Bonchev–Trinajstić information content (AvgIpc) is 3.32. The minimum atomic E-state index is -0.843. The van der Waals surface area contributed by atoms with Crippen LogP contribution in [0.5, 0.6) is 5.75 Å². The molecule has 2 unspecified atom stereocenters. The summed E-state index contributed by atoms with van der Waals surface area (Å²) in [6.45, 7) is 5.96. The van der Waals surface area contributed by atoms with Crippen molar-refractivity contribution in [2.75, 3.05) is 57.4 Å². The molecule has 4 aliphatic heterocycles. The van der Waals surface area contributed by atoms with Crippen molar-refractivity contribution in [3.8, 4) is 22.9 Å². The molecule has 0 saturated carbocycles. The maximum Gasteiger partial charge on any atom is 0.407 e. The van der Waals surface area contributed by atoms with Crippen LogP contribution in [0.15, 0.2) is 36.8 Å². The summed E-state index contributed by atoms with van der Waals surface area (Å²) in [7, 11) is 0. The van der Waals surface area contributed by atoms with E-state index in [0.717, 1.165) is 56.2 Å². The highest BCUT2D eigenvalue weighted by atomic mass is 16.5. The van der Waals surface area contributed by atoms with Gasteiger partial charge in [0.25, 0.3) is 0 Å². The van der Waals surface area contributed by atoms with Crippen molar-refractivity contribution in [2.24, 2.45) is 0 Å². The summed E-state index contributed by atoms with van der Waals surface area (Å²) in [5.74, 6) is 1.49. The molecule has 36 heavy (non-hydrogen) atoms. The summed E-state index contributed by atoms with van der Waals surface area (Å²) in [4.78, 5) is 22.1. The molecule has 0 radical (unpaired) electrons. The molecule has 1 amide bonds. The lowest BCUT2D eigenvalue weighted by Crippen LogP contribution is -2.70. The fourth-order valence-electron chi connectivity index (χ4n) is 5.44. The molecule has 4 saturated heterocycles. The molecule has 0 aliphatic carbocycles. The van der Waals surface area contributed by atoms with E-state index in [1.54, 1.807) is 28.0 Å². The Bertz CT molecular complexity index is 1300. The molecule has 11 nitrogen and oxygen atoms in total. The topological polar surface area (TPSA) is 119 Å². The first-order chi connectivity index (χ1) is 17.6. The van der Waals surface area contributed by atoms with Crippen molar-refractivity contribution >= 4 is 17.4 Å². The van der Waals surface area contributed by atoms with Gasteiger partial charge in [0.1, 0.15) is 24.2 Å². The number of carbonyl (C=O) groups is 1. The number of piperazine rings is 1. The van der Waals surface area contributed by atoms with Gasteiger partial charge >= 0.3 is 6.09 Å². The zero-order valence-electron chi connectivity index (χ0n) is 19.8. The summed E-state index contributed by atoms with van der Waals surface area (Å²) in [5, 5.41) is 23.4. The third kappa shape index (κ3) is 4.08. The number of nitrogens with zero attached hydrogens (tertiary/aromatic N) is 7. The fourth-order valence-corrected chi connectivity index (χ4v) is 5.44. The number of rotatable bonds is 6. The average molecular weight is 490 g/mol. The minimum absolute atomic E-state index is 0.0265. The lowest BCUT2D eigenvalue weighted by molar-refractivity contribution is 0.0112. The molecule has 7 heterocycles. The Hall–Kier alpha value is -3.88. The monoisotopic (exact) mass is 489 g/mol. The normalized spacial score (nSPS) is 21.8. The number of nitriles is 1. The van der Waals surface area contributed by atoms with Crippen LogP contribution < -0.4 is 9.64 Å². The van der Waals surface area contributed by atoms with Crippen LogP contribution in [0.25, 0.3) is 16.6 Å². The van der Waals surface area contributed by atoms with Crippen LogP contribution in [-0.4, -0.2) is 100 Å². The fraction of sp³-hybridized carbons (Fsp3) is 0.440. The molecule has 11 heteroatoms. The number of hydrogen-bond donors (Lipinski definition) is 1. The van der Waals surface area contributed by atoms with Gasteiger partial charge in [-0.1, -0.05) is 0 Å². The molecule has 2 bridgehead atoms. The summed E-state index contributed by atoms with van der Waals surface area (Å²) in [6, 6.07) is 8.16. The van der Waals surface area contributed by atoms with Crippen LogP contribution in [0, 0.1) is 11.3 Å². The van der Waals surface area contributed by atoms with E-state index in [2.05, 4.69) is 21.0 Å². The van der Waals surface area contributed by atoms with Crippen LogP contribution in [-0.2, 0) is 4.74 Å². The van der Waals surface area contributed by atoms with Crippen LogP contribution >= 0.6 is 0 Å². The Kier molecular flexibility index (Phi) is 5.83. The van der Waals surface area contributed by atoms with Gasteiger partial charge in [0.2, 0.25) is 0 Å². The lowest BCUT2D eigenvalue weighted by atomic mass is 9.88. The van der Waals surface area contributed by atoms with Crippen molar-refractivity contribution in [2.45, 2.75) is 18.5 Å². The second-order valence-corrected chi connectivity index (χ2v) is 9.40. The van der Waals surface area contributed by atoms with Gasteiger partial charge in [0.05, 0.1) is 48.8 Å². The molecule has 3 aromatic heterocycles. The Labute approximate surface area is 208 Å². The van der Waals surface area contributed by atoms with Gasteiger partial charge in [0, 0.05) is 50.0 Å². The first-order valence-electron chi connectivity index (χ1n) is 12.2. The van der Waals surface area contributed by atoms with Gasteiger partial charge in [0.15, 0.2) is 0 Å². The molecule has 186 valence electrons. The maximum absolute atomic E-state index is 11.4. The Balaban J connectivity index is 1.22. The van der Waals surface area contributed by atoms with E-state index in [1.165, 1.54) is 0 Å². The SMILES string of the molecule is N#Cc1cnn2cc(OCCN3CCOCC3)cc(-c3ccc(N4CC5CC(C4)N5C(=O)O)nc3)c12. The predicted molar refractivity (Wildman–Crippen MR) is 130 cm³/mol. The second kappa shape index (κ2) is 9.29. The molecule has 3 aromatic rings. The summed E-state index contributed by atoms with van der Waals surface area (Å²) in [6.07, 6.45) is 5.23. The molecule has 0 aromatic carbocycles. The molecule has 7 rings (SSSR count). The van der Waals surface area contributed by atoms with Crippen molar-refractivity contribution in [1.82, 2.24) is 24.4 Å². The summed E-state index contributed by atoms with van der Waals surface area (Å²) < 4.78 is 13.2. The molecular formula is C25H27N7O4. The first-order valence-corrected chi connectivity index (χ1v) is 12.2. The molecule has 0 spiro atoms. The number of amides is 1. The number of morpholine rings is 1. The smallest absolute Gasteiger partial charge is 0.407 e. The van der Waals surface area contributed by atoms with Crippen LogP contribution in [0.2, 0.25) is 0 Å². The van der Waals surface area contributed by atoms with E-state index in [-0.39, 0.29) is 12.1 Å². The quantitative estimate of drug-likeness (QED) is 0.554. The number of aromatic nitrogens is 3. The van der Waals surface area contributed by atoms with E-state index >= 15 is 0 Å². The number of hydrogen-bond acceptors (Lipinski definition) is 8. The van der Waals surface area contributed by atoms with E-state index in [0.29, 0.717) is 36.5 Å². The third-order valence-corrected chi connectivity index (χ3v) is 7.28. The Morgan fingerprint density at radius 1 is 1.22 bits per heavy atom. The Morgan fingerprint density at radius 2 is 2.03 bits per heavy atom. The molecule has 2 atom stereocenters. The highest BCUT2D eigenvalue weighted by Gasteiger charge is 2.47. The van der Waals surface area contributed by atoms with Gasteiger partial charge in [-0.3, -0.25) is 9.80 Å². The third-order valence-electron chi connectivity index (χ3n) is 7.28. The van der Waals surface area contributed by atoms with Gasteiger partial charge in [-0.05, 0) is 24.6 Å². The largest absolute Gasteiger partial charge is 0.491 e. The van der Waals surface area contributed by atoms with Crippen molar-refractivity contribution < 1.29 is 19.4 Å². The molecule has 4 aliphatic rings. The van der Waals surface area contributed by atoms with Gasteiger partial charge in [-0.25, -0.2) is 14.3 Å². The second-order valence-electron chi connectivity index (χ2n) is 9.40. The van der Waals surface area contributed by atoms with E-state index < -0.39 is 6.09 Å². The summed E-state index contributed by atoms with van der Waals surface area (Å²) in [5.41, 5.74) is 2.88. The Morgan fingerprint density at radius 3 is 2.72 bits per heavy atom. The number of anilines is 1. The molecule has 4 fully saturated rings. The summed E-state index contributed by atoms with van der Waals surface area (Å²) >= 11 is 0. The highest BCUT2D eigenvalue weighted by molar-refractivity contribution is 5.85. The van der Waals surface area contributed by atoms with Crippen molar-refractivity contribution in [3.05, 3.63) is 42.4 Å². The number of fused-ring (bicyclic) bond motifs is 3. The van der Waals surface area contributed by atoms with Crippen LogP contribution in [0.3, 0.4) is 0 Å². The molecule has 1 N–H and O–H groups in total. The maximum atomic E-state index is 11.4. The number of piperidine rings is 1. The number of pyridine rings is 2. The van der Waals surface area contributed by atoms with Gasteiger partial charge in [-0.2, -0.15) is 10.4 Å². The molecular weight excluding hydrogens is 462 g/mol. The number of ether oxygens (including phenoxy) is 2. The van der Waals surface area contributed by atoms with Crippen molar-refractivity contribution in [3.63, 3.8) is 0 Å². The van der Waals surface area contributed by atoms with E-state index in [1.807, 2.05) is 18.2 Å². The van der Waals surface area contributed by atoms with Crippen LogP contribution in [0.4, 0.5) is 10.6 Å². The van der Waals surface area contributed by atoms with Crippen molar-refractivity contribution in [1.29, 1.82) is 5.26 Å². The zero-order valence-corrected chi connectivity index (χ0v) is 19.8. The zero-order chi connectivity index (χ0) is 24.6. The lowest BCUT2D eigenvalue weighted by Gasteiger charge is -2.55. The van der Waals surface area contributed by atoms with E-state index in [4.69, 9.17) is 14.5 Å². The number of carboxylic acid groups (broad SMARTS) is 1. The first kappa shape index (κ1) is 22.6. The highest BCUT2D eigenvalue weighted by Crippen LogP contribution is 2.35. The van der Waals surface area contributed by atoms with Gasteiger partial charge in [-0.15, -0.1) is 0 Å². The standard InChI is InChI=1S/C25H27N7O4/c26-11-18-13-28-31-16-21(36-8-5-29-3-6-35-7-4-29)10-22(24(18)31)17-1-2-23(27-12-17)30-14-19-9-20(15-30)32(19)25(33)34/h1-2,10,12-13,16,19-20H,3-9,14-15H2,(H,33,34).